The first-order valence-corrected chi connectivity index (χ1v) is 10.5. The lowest BCUT2D eigenvalue weighted by Crippen LogP contribution is -2.49. The lowest BCUT2D eigenvalue weighted by atomic mass is 10.0. The van der Waals surface area contributed by atoms with Gasteiger partial charge >= 0.3 is 0 Å². The smallest absolute Gasteiger partial charge is 0.191 e. The molecule has 2 heterocycles. The van der Waals surface area contributed by atoms with Crippen LogP contribution in [0.2, 0.25) is 5.02 Å². The quantitative estimate of drug-likeness (QED) is 0.599. The third-order valence-electron chi connectivity index (χ3n) is 5.65. The van der Waals surface area contributed by atoms with Crippen molar-refractivity contribution >= 4 is 17.6 Å². The average molecular weight is 398 g/mol. The third-order valence-corrected chi connectivity index (χ3v) is 5.89. The van der Waals surface area contributed by atoms with Crippen molar-refractivity contribution in [3.8, 4) is 0 Å². The van der Waals surface area contributed by atoms with Crippen molar-refractivity contribution < 1.29 is 0 Å². The number of hydrogen-bond donors (Lipinski definition) is 2. The van der Waals surface area contributed by atoms with Crippen molar-refractivity contribution in [2.75, 3.05) is 20.1 Å². The van der Waals surface area contributed by atoms with E-state index in [9.17, 15) is 0 Å². The van der Waals surface area contributed by atoms with Crippen LogP contribution in [-0.4, -0.2) is 48.1 Å². The number of rotatable bonds is 5. The van der Waals surface area contributed by atoms with Crippen LogP contribution in [0.1, 0.15) is 36.4 Å². The van der Waals surface area contributed by atoms with Gasteiger partial charge in [-0.2, -0.15) is 0 Å². The Morgan fingerprint density at radius 2 is 2.04 bits per heavy atom. The van der Waals surface area contributed by atoms with E-state index in [1.54, 1.807) is 0 Å². The molecule has 0 bridgehead atoms. The zero-order chi connectivity index (χ0) is 19.3. The minimum Gasteiger partial charge on any atom is -0.354 e. The number of nitrogens with zero attached hydrogens (tertiary/aromatic N) is 3. The predicted molar refractivity (Wildman–Crippen MR) is 115 cm³/mol. The van der Waals surface area contributed by atoms with Crippen molar-refractivity contribution in [1.82, 2.24) is 20.5 Å². The second-order valence-corrected chi connectivity index (χ2v) is 8.17. The number of hydrogen-bond acceptors (Lipinski definition) is 3. The monoisotopic (exact) mass is 397 g/mol. The van der Waals surface area contributed by atoms with Gasteiger partial charge in [0, 0.05) is 55.9 Å². The van der Waals surface area contributed by atoms with Crippen LogP contribution in [0.15, 0.2) is 53.7 Å². The van der Waals surface area contributed by atoms with Gasteiger partial charge in [0.2, 0.25) is 0 Å². The van der Waals surface area contributed by atoms with Crippen LogP contribution < -0.4 is 10.6 Å². The van der Waals surface area contributed by atoms with Gasteiger partial charge in [-0.3, -0.25) is 14.9 Å². The van der Waals surface area contributed by atoms with Crippen molar-refractivity contribution in [2.45, 2.75) is 43.8 Å². The highest BCUT2D eigenvalue weighted by Gasteiger charge is 2.39. The molecule has 2 unspecified atom stereocenters. The summed E-state index contributed by atoms with van der Waals surface area (Å²) < 4.78 is 0. The van der Waals surface area contributed by atoms with E-state index >= 15 is 0 Å². The lowest BCUT2D eigenvalue weighted by molar-refractivity contribution is 0.196. The average Bonchev–Trinajstić information content (AvgIpc) is 3.49. The zero-order valence-electron chi connectivity index (χ0n) is 16.3. The number of benzene rings is 1. The van der Waals surface area contributed by atoms with Crippen molar-refractivity contribution in [3.05, 3.63) is 64.9 Å². The highest BCUT2D eigenvalue weighted by atomic mass is 35.5. The molecule has 2 aliphatic rings. The molecule has 1 aliphatic heterocycles. The van der Waals surface area contributed by atoms with Crippen LogP contribution >= 0.6 is 11.6 Å². The van der Waals surface area contributed by atoms with Crippen LogP contribution in [0.3, 0.4) is 0 Å². The van der Waals surface area contributed by atoms with Gasteiger partial charge in [-0.15, -0.1) is 0 Å². The second-order valence-electron chi connectivity index (χ2n) is 7.74. The van der Waals surface area contributed by atoms with Gasteiger partial charge < -0.3 is 10.6 Å². The Bertz CT molecular complexity index is 802. The summed E-state index contributed by atoms with van der Waals surface area (Å²) in [5.74, 6) is 1.44. The lowest BCUT2D eigenvalue weighted by Gasteiger charge is -2.32. The molecular formula is C22H28ClN5. The first kappa shape index (κ1) is 19.2. The largest absolute Gasteiger partial charge is 0.354 e. The van der Waals surface area contributed by atoms with Crippen molar-refractivity contribution in [1.29, 1.82) is 0 Å². The Balaban J connectivity index is 1.22. The Hall–Kier alpha value is -2.11. The standard InChI is InChI=1S/C22H28ClN5/c1-24-22(27-21-14-20(21)16-5-4-6-17(23)13-16)26-18-8-11-28(12-9-18)15-19-7-2-3-10-25-19/h2-7,10,13,18,20-21H,8-9,11-12,14-15H2,1H3,(H2,24,26,27). The minimum atomic E-state index is 0.439. The molecule has 0 radical (unpaired) electrons. The molecule has 1 aliphatic carbocycles. The molecule has 1 aromatic heterocycles. The normalized spacial score (nSPS) is 23.4. The zero-order valence-corrected chi connectivity index (χ0v) is 17.1. The van der Waals surface area contributed by atoms with E-state index in [-0.39, 0.29) is 0 Å². The maximum absolute atomic E-state index is 6.12. The highest BCUT2D eigenvalue weighted by Crippen LogP contribution is 2.41. The predicted octanol–water partition coefficient (Wildman–Crippen LogP) is 3.42. The summed E-state index contributed by atoms with van der Waals surface area (Å²) in [6.07, 6.45) is 5.24. The first-order chi connectivity index (χ1) is 13.7. The van der Waals surface area contributed by atoms with Gasteiger partial charge in [0.25, 0.3) is 0 Å². The summed E-state index contributed by atoms with van der Waals surface area (Å²) in [4.78, 5) is 11.4. The maximum atomic E-state index is 6.12. The molecule has 5 nitrogen and oxygen atoms in total. The molecule has 0 spiro atoms. The molecule has 2 N–H and O–H groups in total. The summed E-state index contributed by atoms with van der Waals surface area (Å²) in [7, 11) is 1.85. The van der Waals surface area contributed by atoms with E-state index in [0.717, 1.165) is 55.6 Å². The third kappa shape index (κ3) is 5.03. The van der Waals surface area contributed by atoms with Crippen LogP contribution in [0.5, 0.6) is 0 Å². The van der Waals surface area contributed by atoms with Crippen molar-refractivity contribution in [3.63, 3.8) is 0 Å². The molecule has 28 heavy (non-hydrogen) atoms. The molecule has 2 atom stereocenters. The van der Waals surface area contributed by atoms with Crippen LogP contribution in [0.4, 0.5) is 0 Å². The Morgan fingerprint density at radius 3 is 2.75 bits per heavy atom. The highest BCUT2D eigenvalue weighted by molar-refractivity contribution is 6.30. The van der Waals surface area contributed by atoms with E-state index < -0.39 is 0 Å². The minimum absolute atomic E-state index is 0.439. The molecule has 2 aromatic rings. The summed E-state index contributed by atoms with van der Waals surface area (Å²) in [5.41, 5.74) is 2.45. The number of halogens is 1. The number of piperidine rings is 1. The fourth-order valence-electron chi connectivity index (χ4n) is 3.96. The van der Waals surface area contributed by atoms with E-state index in [1.807, 2.05) is 31.4 Å². The van der Waals surface area contributed by atoms with Crippen LogP contribution in [0.25, 0.3) is 0 Å². The fourth-order valence-corrected chi connectivity index (χ4v) is 4.15. The van der Waals surface area contributed by atoms with Gasteiger partial charge in [0.05, 0.1) is 5.69 Å². The topological polar surface area (TPSA) is 52.6 Å². The molecule has 2 fully saturated rings. The van der Waals surface area contributed by atoms with E-state index in [1.165, 1.54) is 5.56 Å². The molecule has 1 saturated carbocycles. The van der Waals surface area contributed by atoms with E-state index in [4.69, 9.17) is 11.6 Å². The molecule has 1 saturated heterocycles. The van der Waals surface area contributed by atoms with Crippen molar-refractivity contribution in [2.24, 2.45) is 4.99 Å². The van der Waals surface area contributed by atoms with Gasteiger partial charge in [0.15, 0.2) is 5.96 Å². The molecule has 148 valence electrons. The maximum Gasteiger partial charge on any atom is 0.191 e. The Morgan fingerprint density at radius 1 is 1.18 bits per heavy atom. The van der Waals surface area contributed by atoms with Gasteiger partial charge in [-0.1, -0.05) is 29.8 Å². The Labute approximate surface area is 172 Å². The summed E-state index contributed by atoms with van der Waals surface area (Å²) in [6.45, 7) is 3.10. The van der Waals surface area contributed by atoms with Crippen LogP contribution in [-0.2, 0) is 6.54 Å². The van der Waals surface area contributed by atoms with Gasteiger partial charge in [-0.05, 0) is 49.1 Å². The fraction of sp³-hybridized carbons (Fsp3) is 0.455. The molecule has 1 aromatic carbocycles. The summed E-state index contributed by atoms with van der Waals surface area (Å²) in [5, 5.41) is 8.00. The Kier molecular flexibility index (Phi) is 6.13. The van der Waals surface area contributed by atoms with Crippen LogP contribution in [0, 0.1) is 0 Å². The molecule has 4 rings (SSSR count). The van der Waals surface area contributed by atoms with E-state index in [2.05, 4.69) is 49.8 Å². The second kappa shape index (κ2) is 8.93. The first-order valence-electron chi connectivity index (χ1n) is 10.1. The van der Waals surface area contributed by atoms with Gasteiger partial charge in [-0.25, -0.2) is 0 Å². The number of aliphatic imine (C=N–C) groups is 1. The van der Waals surface area contributed by atoms with Gasteiger partial charge in [0.1, 0.15) is 0 Å². The molecule has 0 amide bonds. The number of likely N-dealkylation sites (tertiary alicyclic amines) is 1. The summed E-state index contributed by atoms with van der Waals surface area (Å²) in [6, 6.07) is 15.2. The molecule has 6 heteroatoms. The summed E-state index contributed by atoms with van der Waals surface area (Å²) >= 11 is 6.12. The number of aromatic nitrogens is 1. The SMILES string of the molecule is CN=C(NC1CCN(Cc2ccccn2)CC1)NC1CC1c1cccc(Cl)c1. The number of guanidine groups is 1. The number of nitrogens with one attached hydrogen (secondary N) is 2. The van der Waals surface area contributed by atoms with E-state index in [0.29, 0.717) is 18.0 Å². The molecular weight excluding hydrogens is 370 g/mol. The number of pyridine rings is 1.